The molecule has 0 aromatic heterocycles. The molecule has 2 heterocycles. The van der Waals surface area contributed by atoms with E-state index in [1.807, 2.05) is 6.07 Å². The Morgan fingerprint density at radius 1 is 1.00 bits per heavy atom. The van der Waals surface area contributed by atoms with E-state index in [-0.39, 0.29) is 17.9 Å². The normalized spacial score (nSPS) is 28.9. The van der Waals surface area contributed by atoms with E-state index in [4.69, 9.17) is 0 Å². The van der Waals surface area contributed by atoms with Crippen molar-refractivity contribution in [3.05, 3.63) is 29.8 Å². The standard InChI is InChI=1S/C21H29N3O2/c1-14(25)15-5-4-6-16(11-15)22-21(26)23-17-12-19-9-10-20(13-17)24(19)18-7-2-3-8-18/h4-6,11,17-20H,2-3,7-10,12-13H2,1H3,(H2,22,23,26). The van der Waals surface area contributed by atoms with Crippen LogP contribution >= 0.6 is 0 Å². The predicted molar refractivity (Wildman–Crippen MR) is 103 cm³/mol. The monoisotopic (exact) mass is 355 g/mol. The van der Waals surface area contributed by atoms with E-state index in [2.05, 4.69) is 15.5 Å². The average molecular weight is 355 g/mol. The molecular formula is C21H29N3O2. The Labute approximate surface area is 155 Å². The number of hydrogen-bond acceptors (Lipinski definition) is 3. The summed E-state index contributed by atoms with van der Waals surface area (Å²) in [6.07, 6.45) is 10.2. The van der Waals surface area contributed by atoms with Gasteiger partial charge in [0.2, 0.25) is 0 Å². The number of piperidine rings is 1. The van der Waals surface area contributed by atoms with Gasteiger partial charge in [0.05, 0.1) is 0 Å². The van der Waals surface area contributed by atoms with Crippen molar-refractivity contribution in [3.63, 3.8) is 0 Å². The number of nitrogens with zero attached hydrogens (tertiary/aromatic N) is 1. The van der Waals surface area contributed by atoms with E-state index in [0.29, 0.717) is 23.3 Å². The van der Waals surface area contributed by atoms with Gasteiger partial charge in [-0.3, -0.25) is 9.69 Å². The topological polar surface area (TPSA) is 61.4 Å². The van der Waals surface area contributed by atoms with Crippen LogP contribution in [0.2, 0.25) is 0 Å². The van der Waals surface area contributed by atoms with Crippen molar-refractivity contribution in [1.82, 2.24) is 10.2 Å². The van der Waals surface area contributed by atoms with Crippen LogP contribution in [0.25, 0.3) is 0 Å². The minimum atomic E-state index is -0.163. The molecule has 2 bridgehead atoms. The van der Waals surface area contributed by atoms with Crippen LogP contribution in [0.15, 0.2) is 24.3 Å². The first-order valence-corrected chi connectivity index (χ1v) is 10.1. The van der Waals surface area contributed by atoms with Gasteiger partial charge in [-0.25, -0.2) is 4.79 Å². The zero-order valence-corrected chi connectivity index (χ0v) is 15.5. The van der Waals surface area contributed by atoms with Gasteiger partial charge >= 0.3 is 6.03 Å². The van der Waals surface area contributed by atoms with Gasteiger partial charge in [0.1, 0.15) is 0 Å². The molecule has 2 N–H and O–H groups in total. The third-order valence-corrected chi connectivity index (χ3v) is 6.40. The molecule has 3 fully saturated rings. The van der Waals surface area contributed by atoms with Crippen LogP contribution in [-0.4, -0.2) is 40.9 Å². The molecule has 5 heteroatoms. The lowest BCUT2D eigenvalue weighted by molar-refractivity contribution is 0.0746. The largest absolute Gasteiger partial charge is 0.335 e. The number of ketones is 1. The molecular weight excluding hydrogens is 326 g/mol. The van der Waals surface area contributed by atoms with Crippen LogP contribution in [0.3, 0.4) is 0 Å². The zero-order chi connectivity index (χ0) is 18.1. The molecule has 1 aromatic rings. The number of amides is 2. The maximum Gasteiger partial charge on any atom is 0.319 e. The molecule has 5 nitrogen and oxygen atoms in total. The average Bonchev–Trinajstić information content (AvgIpc) is 3.21. The highest BCUT2D eigenvalue weighted by atomic mass is 16.2. The highest BCUT2D eigenvalue weighted by molar-refractivity contribution is 5.96. The summed E-state index contributed by atoms with van der Waals surface area (Å²) in [7, 11) is 0. The van der Waals surface area contributed by atoms with Crippen molar-refractivity contribution >= 4 is 17.5 Å². The Morgan fingerprint density at radius 3 is 2.35 bits per heavy atom. The Bertz CT molecular complexity index is 670. The van der Waals surface area contributed by atoms with Crippen molar-refractivity contribution in [2.45, 2.75) is 82.5 Å². The van der Waals surface area contributed by atoms with Gasteiger partial charge in [-0.2, -0.15) is 0 Å². The molecule has 1 aromatic carbocycles. The molecule has 0 spiro atoms. The summed E-state index contributed by atoms with van der Waals surface area (Å²) < 4.78 is 0. The number of anilines is 1. The molecule has 2 amide bonds. The molecule has 2 atom stereocenters. The second-order valence-corrected chi connectivity index (χ2v) is 8.17. The Kier molecular flexibility index (Phi) is 4.98. The quantitative estimate of drug-likeness (QED) is 0.804. The van der Waals surface area contributed by atoms with Crippen molar-refractivity contribution in [2.24, 2.45) is 0 Å². The smallest absolute Gasteiger partial charge is 0.319 e. The number of carbonyl (C=O) groups excluding carboxylic acids is 2. The Balaban J connectivity index is 1.33. The Morgan fingerprint density at radius 2 is 1.69 bits per heavy atom. The van der Waals surface area contributed by atoms with E-state index in [9.17, 15) is 9.59 Å². The number of hydrogen-bond donors (Lipinski definition) is 2. The minimum absolute atomic E-state index is 0.00455. The van der Waals surface area contributed by atoms with Crippen LogP contribution in [0.4, 0.5) is 10.5 Å². The maximum absolute atomic E-state index is 12.4. The molecule has 4 rings (SSSR count). The van der Waals surface area contributed by atoms with Crippen LogP contribution in [0, 0.1) is 0 Å². The van der Waals surface area contributed by atoms with Gasteiger partial charge in [0.25, 0.3) is 0 Å². The summed E-state index contributed by atoms with van der Waals surface area (Å²) in [6, 6.07) is 9.27. The molecule has 1 aliphatic carbocycles. The third kappa shape index (κ3) is 3.63. The number of benzene rings is 1. The van der Waals surface area contributed by atoms with Gasteiger partial charge in [0, 0.05) is 35.4 Å². The van der Waals surface area contributed by atoms with Crippen LogP contribution in [0.1, 0.15) is 68.6 Å². The van der Waals surface area contributed by atoms with Crippen molar-refractivity contribution in [1.29, 1.82) is 0 Å². The first kappa shape index (κ1) is 17.5. The van der Waals surface area contributed by atoms with E-state index in [1.54, 1.807) is 18.2 Å². The van der Waals surface area contributed by atoms with E-state index >= 15 is 0 Å². The van der Waals surface area contributed by atoms with Gasteiger partial charge in [-0.1, -0.05) is 25.0 Å². The predicted octanol–water partition coefficient (Wildman–Crippen LogP) is 3.95. The maximum atomic E-state index is 12.4. The van der Waals surface area contributed by atoms with Gasteiger partial charge < -0.3 is 10.6 Å². The fourth-order valence-corrected chi connectivity index (χ4v) is 5.30. The first-order chi connectivity index (χ1) is 12.6. The second-order valence-electron chi connectivity index (χ2n) is 8.17. The molecule has 26 heavy (non-hydrogen) atoms. The Hall–Kier alpha value is -1.88. The molecule has 3 aliphatic rings. The molecule has 2 aliphatic heterocycles. The zero-order valence-electron chi connectivity index (χ0n) is 15.5. The lowest BCUT2D eigenvalue weighted by atomic mass is 9.95. The van der Waals surface area contributed by atoms with Crippen molar-refractivity contribution in [2.75, 3.05) is 5.32 Å². The van der Waals surface area contributed by atoms with Crippen LogP contribution < -0.4 is 10.6 Å². The lowest BCUT2D eigenvalue weighted by Crippen LogP contribution is -2.53. The summed E-state index contributed by atoms with van der Waals surface area (Å²) in [4.78, 5) is 26.7. The van der Waals surface area contributed by atoms with Gasteiger partial charge in [-0.15, -0.1) is 0 Å². The second kappa shape index (κ2) is 7.39. The number of Topliss-reactive ketones (excluding diaryl/α,β-unsaturated/α-hetero) is 1. The highest BCUT2D eigenvalue weighted by Crippen LogP contribution is 2.41. The van der Waals surface area contributed by atoms with E-state index < -0.39 is 0 Å². The molecule has 2 saturated heterocycles. The highest BCUT2D eigenvalue weighted by Gasteiger charge is 2.44. The fourth-order valence-electron chi connectivity index (χ4n) is 5.30. The minimum Gasteiger partial charge on any atom is -0.335 e. The van der Waals surface area contributed by atoms with Gasteiger partial charge in [0.15, 0.2) is 5.78 Å². The summed E-state index contributed by atoms with van der Waals surface area (Å²) in [6.45, 7) is 1.53. The molecule has 1 saturated carbocycles. The number of rotatable bonds is 4. The number of nitrogens with one attached hydrogen (secondary N) is 2. The lowest BCUT2D eigenvalue weighted by Gasteiger charge is -2.42. The summed E-state index contributed by atoms with van der Waals surface area (Å²) in [5.41, 5.74) is 1.28. The van der Waals surface area contributed by atoms with E-state index in [0.717, 1.165) is 18.9 Å². The van der Waals surface area contributed by atoms with E-state index in [1.165, 1.54) is 45.4 Å². The summed E-state index contributed by atoms with van der Waals surface area (Å²) in [5, 5.41) is 6.05. The molecule has 2 unspecified atom stereocenters. The number of fused-ring (bicyclic) bond motifs is 2. The summed E-state index contributed by atoms with van der Waals surface area (Å²) in [5.74, 6) is 0.00455. The van der Waals surface area contributed by atoms with Crippen molar-refractivity contribution in [3.8, 4) is 0 Å². The first-order valence-electron chi connectivity index (χ1n) is 10.1. The summed E-state index contributed by atoms with van der Waals surface area (Å²) >= 11 is 0. The SMILES string of the molecule is CC(=O)c1cccc(NC(=O)NC2CC3CCC(C2)N3C2CCCC2)c1. The number of urea groups is 1. The van der Waals surface area contributed by atoms with Crippen LogP contribution in [-0.2, 0) is 0 Å². The van der Waals surface area contributed by atoms with Crippen molar-refractivity contribution < 1.29 is 9.59 Å². The third-order valence-electron chi connectivity index (χ3n) is 6.40. The fraction of sp³-hybridized carbons (Fsp3) is 0.619. The van der Waals surface area contributed by atoms with Crippen LogP contribution in [0.5, 0.6) is 0 Å². The number of carbonyl (C=O) groups is 2. The molecule has 0 radical (unpaired) electrons. The van der Waals surface area contributed by atoms with Gasteiger partial charge in [-0.05, 0) is 57.6 Å². The molecule has 140 valence electrons.